The first-order valence-electron chi connectivity index (χ1n) is 19.0. The predicted octanol–water partition coefficient (Wildman–Crippen LogP) is 2.44. The summed E-state index contributed by atoms with van der Waals surface area (Å²) in [6.07, 6.45) is -3.01. The van der Waals surface area contributed by atoms with Gasteiger partial charge in [-0.25, -0.2) is 0 Å². The van der Waals surface area contributed by atoms with E-state index < -0.39 is 24.4 Å². The molecule has 10 N–H and O–H groups in total. The minimum Gasteiger partial charge on any atom is -0.508 e. The third-order valence-corrected chi connectivity index (χ3v) is 6.95. The van der Waals surface area contributed by atoms with Crippen molar-refractivity contribution < 1.29 is 295 Å². The fraction of sp³-hybridized carbons (Fsp3) is 0.333. The van der Waals surface area contributed by atoms with Crippen LogP contribution in [0.5, 0.6) is 28.7 Å². The van der Waals surface area contributed by atoms with E-state index in [1.165, 1.54) is 0 Å². The number of hydrogen-bond acceptors (Lipinski definition) is 15. The van der Waals surface area contributed by atoms with Crippen LogP contribution in [-0.4, -0.2) is 148 Å². The Labute approximate surface area is 561 Å². The van der Waals surface area contributed by atoms with E-state index in [-0.39, 0.29) is 286 Å². The van der Waals surface area contributed by atoms with Crippen LogP contribution >= 0.6 is 0 Å². The van der Waals surface area contributed by atoms with Gasteiger partial charge in [0.15, 0.2) is 0 Å². The maximum absolute atomic E-state index is 8.94. The molecule has 0 aliphatic carbocycles. The van der Waals surface area contributed by atoms with Gasteiger partial charge in [0.1, 0.15) is 85.7 Å². The molecular formula is C45H60Ac5O15. The molecule has 20 heteroatoms. The SMILES string of the molecule is OCC(O)COc1ccccc1.OCC(O)COc1ccccc1.OCC(O)COc1ccccc1.OCC(O)COc1ccccc1.OCC1CO1.Oc1ccccc1.[Ac].[Ac].[Ac].[Ac].[Ac]. The van der Waals surface area contributed by atoms with E-state index in [2.05, 4.69) is 4.74 Å². The average Bonchev–Trinajstić information content (AvgIpc) is 4.16. The molecule has 5 aromatic carbocycles. The summed E-state index contributed by atoms with van der Waals surface area (Å²) in [6, 6.07) is 45.4. The molecule has 1 saturated heterocycles. The van der Waals surface area contributed by atoms with E-state index in [9.17, 15) is 0 Å². The van der Waals surface area contributed by atoms with Crippen LogP contribution in [0, 0.1) is 220 Å². The summed E-state index contributed by atoms with van der Waals surface area (Å²) in [7, 11) is 0. The molecule has 345 valence electrons. The monoisotopic (exact) mass is 1980 g/mol. The van der Waals surface area contributed by atoms with E-state index in [4.69, 9.17) is 70.0 Å². The van der Waals surface area contributed by atoms with Gasteiger partial charge in [0.2, 0.25) is 0 Å². The van der Waals surface area contributed by atoms with E-state index in [0.717, 1.165) is 6.61 Å². The number of ether oxygens (including phenoxy) is 5. The zero-order valence-electron chi connectivity index (χ0n) is 36.3. The van der Waals surface area contributed by atoms with Crippen LogP contribution in [0.15, 0.2) is 152 Å². The first-order valence-corrected chi connectivity index (χ1v) is 19.0. The third kappa shape index (κ3) is 48.0. The Bertz CT molecular complexity index is 1450. The molecule has 5 atom stereocenters. The number of benzene rings is 5. The minimum absolute atomic E-state index is 0. The van der Waals surface area contributed by atoms with Crippen LogP contribution in [0.1, 0.15) is 0 Å². The summed E-state index contributed by atoms with van der Waals surface area (Å²) in [5, 5.41) is 86.4. The zero-order valence-corrected chi connectivity index (χ0v) is 60.0. The van der Waals surface area contributed by atoms with Gasteiger partial charge in [-0.1, -0.05) is 91.0 Å². The van der Waals surface area contributed by atoms with Gasteiger partial charge < -0.3 is 74.7 Å². The number of para-hydroxylation sites is 5. The first kappa shape index (κ1) is 75.8. The fourth-order valence-electron chi connectivity index (χ4n) is 3.65. The van der Waals surface area contributed by atoms with Gasteiger partial charge in [0, 0.05) is 220 Å². The third-order valence-electron chi connectivity index (χ3n) is 6.95. The Balaban J connectivity index is -0.000000222. The molecule has 15 nitrogen and oxygen atoms in total. The second-order valence-electron chi connectivity index (χ2n) is 12.3. The predicted molar refractivity (Wildman–Crippen MR) is 225 cm³/mol. The quantitative estimate of drug-likeness (QED) is 0.0601. The summed E-state index contributed by atoms with van der Waals surface area (Å²) in [5.74, 6) is 3.12. The van der Waals surface area contributed by atoms with E-state index in [0.29, 0.717) is 28.7 Å². The van der Waals surface area contributed by atoms with Crippen LogP contribution in [0.3, 0.4) is 0 Å². The van der Waals surface area contributed by atoms with E-state index >= 15 is 0 Å². The van der Waals surface area contributed by atoms with Crippen molar-refractivity contribution in [1.82, 2.24) is 0 Å². The molecule has 5 aromatic rings. The molecule has 0 spiro atoms. The maximum atomic E-state index is 8.94. The van der Waals surface area contributed by atoms with Gasteiger partial charge in [0.05, 0.1) is 39.6 Å². The molecule has 0 saturated carbocycles. The number of epoxide rings is 1. The Morgan fingerprint density at radius 2 is 0.585 bits per heavy atom. The Morgan fingerprint density at radius 1 is 0.385 bits per heavy atom. The summed E-state index contributed by atoms with van der Waals surface area (Å²) in [5.41, 5.74) is 0. The number of aliphatic hydroxyl groups excluding tert-OH is 9. The van der Waals surface area contributed by atoms with Crippen molar-refractivity contribution in [3.8, 4) is 28.7 Å². The largest absolute Gasteiger partial charge is 0.508 e. The number of hydrogen-bond donors (Lipinski definition) is 10. The van der Waals surface area contributed by atoms with Crippen molar-refractivity contribution in [3.63, 3.8) is 0 Å². The normalized spacial score (nSPS) is 12.8. The van der Waals surface area contributed by atoms with E-state index in [1.807, 2.05) is 78.9 Å². The van der Waals surface area contributed by atoms with Gasteiger partial charge in [-0.2, -0.15) is 0 Å². The average molecular weight is 1980 g/mol. The Kier molecular flexibility index (Phi) is 62.7. The second-order valence-corrected chi connectivity index (χ2v) is 12.3. The summed E-state index contributed by atoms with van der Waals surface area (Å²) < 4.78 is 25.2. The van der Waals surface area contributed by atoms with Crippen molar-refractivity contribution >= 4 is 0 Å². The first-order chi connectivity index (χ1) is 29.1. The smallest absolute Gasteiger partial charge is 0.119 e. The van der Waals surface area contributed by atoms with Gasteiger partial charge in [0.25, 0.3) is 0 Å². The van der Waals surface area contributed by atoms with Crippen LogP contribution in [-0.2, 0) is 4.74 Å². The molecule has 0 bridgehead atoms. The van der Waals surface area contributed by atoms with Crippen LogP contribution in [0.2, 0.25) is 0 Å². The molecule has 0 amide bonds. The fourth-order valence-corrected chi connectivity index (χ4v) is 3.65. The summed E-state index contributed by atoms with van der Waals surface area (Å²) in [4.78, 5) is 0. The molecule has 1 aliphatic rings. The van der Waals surface area contributed by atoms with Gasteiger partial charge in [-0.3, -0.25) is 0 Å². The van der Waals surface area contributed by atoms with Crippen molar-refractivity contribution in [2.45, 2.75) is 30.5 Å². The molecule has 1 aliphatic heterocycles. The number of aromatic hydroxyl groups is 1. The maximum Gasteiger partial charge on any atom is 0.119 e. The van der Waals surface area contributed by atoms with Crippen molar-refractivity contribution in [1.29, 1.82) is 0 Å². The van der Waals surface area contributed by atoms with Gasteiger partial charge in [-0.05, 0) is 60.7 Å². The second kappa shape index (κ2) is 53.7. The number of phenols is 1. The van der Waals surface area contributed by atoms with Crippen LogP contribution in [0.25, 0.3) is 0 Å². The zero-order chi connectivity index (χ0) is 44.1. The number of phenolic OH excluding ortho intramolecular Hbond substituents is 1. The summed E-state index contributed by atoms with van der Waals surface area (Å²) >= 11 is 0. The van der Waals surface area contributed by atoms with Crippen molar-refractivity contribution in [2.75, 3.05) is 66.1 Å². The molecule has 65 heavy (non-hydrogen) atoms. The van der Waals surface area contributed by atoms with Crippen LogP contribution < -0.4 is 18.9 Å². The van der Waals surface area contributed by atoms with Gasteiger partial charge in [-0.15, -0.1) is 0 Å². The number of rotatable bonds is 17. The van der Waals surface area contributed by atoms with Crippen molar-refractivity contribution in [2.24, 2.45) is 0 Å². The van der Waals surface area contributed by atoms with Crippen LogP contribution in [0.4, 0.5) is 0 Å². The molecule has 1 fully saturated rings. The number of aliphatic hydroxyl groups is 9. The molecule has 5 radical (unpaired) electrons. The molecular weight excluding hydrogens is 1920 g/mol. The molecule has 6 rings (SSSR count). The Hall–Kier alpha value is 1.91. The standard InChI is InChI=1S/4C9H12O3.C6H6O.C3H6O2.5Ac/c4*10-6-8(11)7-12-9-4-2-1-3-5-9;7-6-4-2-1-3-5-6;4-1-3-2-5-3;;;;;/h4*1-5,8,10-11H,6-7H2;1-5,7H;3-4H,1-2H2;;;;;. The molecule has 5 unspecified atom stereocenters. The van der Waals surface area contributed by atoms with E-state index in [1.54, 1.807) is 72.8 Å². The molecule has 0 aromatic heterocycles. The summed E-state index contributed by atoms with van der Waals surface area (Å²) in [6.45, 7) is 0.373. The van der Waals surface area contributed by atoms with Crippen molar-refractivity contribution in [3.05, 3.63) is 152 Å². The molecule has 1 heterocycles. The minimum atomic E-state index is -0.801. The van der Waals surface area contributed by atoms with Gasteiger partial charge >= 0.3 is 0 Å². The topological polar surface area (TPSA) is 252 Å². The Morgan fingerprint density at radius 3 is 0.708 bits per heavy atom.